The summed E-state index contributed by atoms with van der Waals surface area (Å²) in [5.41, 5.74) is 0.114. The van der Waals surface area contributed by atoms with E-state index in [0.29, 0.717) is 24.5 Å². The van der Waals surface area contributed by atoms with Gasteiger partial charge in [-0.2, -0.15) is 10.4 Å². The third kappa shape index (κ3) is 6.11. The summed E-state index contributed by atoms with van der Waals surface area (Å²) in [6.45, 7) is 17.3. The number of nitrogens with zero attached hydrogens (tertiary/aromatic N) is 2. The predicted octanol–water partition coefficient (Wildman–Crippen LogP) is 4.07. The highest BCUT2D eigenvalue weighted by molar-refractivity contribution is 4.98. The van der Waals surface area contributed by atoms with Crippen LogP contribution in [0.25, 0.3) is 0 Å². The predicted molar refractivity (Wildman–Crippen MR) is 98.3 cm³/mol. The van der Waals surface area contributed by atoms with E-state index >= 15 is 0 Å². The van der Waals surface area contributed by atoms with Crippen molar-refractivity contribution in [2.75, 3.05) is 7.05 Å². The molecule has 0 aliphatic heterocycles. The SMILES string of the molecule is CCC(C)(NON([O-])OC(C)(CC)C(C)(C)C)C(C)(CC)ON(C)[O-]. The van der Waals surface area contributed by atoms with Crippen LogP contribution in [0.1, 0.15) is 81.6 Å². The highest BCUT2D eigenvalue weighted by atomic mass is 17.2. The lowest BCUT2D eigenvalue weighted by Crippen LogP contribution is -2.62. The van der Waals surface area contributed by atoms with Gasteiger partial charge in [-0.3, -0.25) is 10.1 Å². The van der Waals surface area contributed by atoms with Crippen LogP contribution in [-0.4, -0.2) is 34.4 Å². The summed E-state index contributed by atoms with van der Waals surface area (Å²) in [6, 6.07) is 0. The van der Waals surface area contributed by atoms with Crippen molar-refractivity contribution in [2.45, 2.75) is 98.3 Å². The molecule has 0 aliphatic carbocycles. The minimum Gasteiger partial charge on any atom is -0.762 e. The maximum Gasteiger partial charge on any atom is 0.106 e. The highest BCUT2D eigenvalue weighted by Crippen LogP contribution is 2.37. The van der Waals surface area contributed by atoms with Gasteiger partial charge in [-0.05, 0) is 52.5 Å². The summed E-state index contributed by atoms with van der Waals surface area (Å²) >= 11 is 0. The van der Waals surface area contributed by atoms with Crippen LogP contribution < -0.4 is 5.48 Å². The number of hydrogen-bond acceptors (Lipinski definition) is 8. The third-order valence-corrected chi connectivity index (χ3v) is 5.76. The lowest BCUT2D eigenvalue weighted by atomic mass is 9.76. The second-order valence-electron chi connectivity index (χ2n) is 8.14. The van der Waals surface area contributed by atoms with E-state index in [1.54, 1.807) is 6.92 Å². The average Bonchev–Trinajstić information content (AvgIpc) is 2.50. The van der Waals surface area contributed by atoms with E-state index in [4.69, 9.17) is 14.6 Å². The Morgan fingerprint density at radius 3 is 1.60 bits per heavy atom. The molecular weight excluding hydrogens is 326 g/mol. The number of nitrogens with one attached hydrogen (secondary N) is 1. The molecule has 0 saturated heterocycles. The highest BCUT2D eigenvalue weighted by Gasteiger charge is 2.45. The second-order valence-corrected chi connectivity index (χ2v) is 8.14. The van der Waals surface area contributed by atoms with Gasteiger partial charge in [-0.15, -0.1) is 5.39 Å². The Morgan fingerprint density at radius 2 is 1.28 bits per heavy atom. The van der Waals surface area contributed by atoms with Crippen LogP contribution in [0.15, 0.2) is 0 Å². The summed E-state index contributed by atoms with van der Waals surface area (Å²) in [5, 5.41) is 24.1. The monoisotopic (exact) mass is 363 g/mol. The van der Waals surface area contributed by atoms with E-state index in [1.165, 1.54) is 7.05 Å². The van der Waals surface area contributed by atoms with Crippen LogP contribution in [0.4, 0.5) is 0 Å². The topological polar surface area (TPSA) is 92.3 Å². The van der Waals surface area contributed by atoms with Gasteiger partial charge in [-0.25, -0.2) is 0 Å². The standard InChI is InChI=1S/C17H37N3O5/c1-11-15(7,17(9,13-3)23-19(10)21)18-25-20(22)24-16(8,12-2)14(4,5)6/h18H,11-13H2,1-10H3/q-2. The quantitative estimate of drug-likeness (QED) is 0.549. The Balaban J connectivity index is 5.11. The molecule has 152 valence electrons. The fourth-order valence-corrected chi connectivity index (χ4v) is 2.45. The van der Waals surface area contributed by atoms with Gasteiger partial charge >= 0.3 is 0 Å². The van der Waals surface area contributed by atoms with Crippen molar-refractivity contribution >= 4 is 0 Å². The van der Waals surface area contributed by atoms with Crippen LogP contribution in [0, 0.1) is 15.8 Å². The molecule has 0 aromatic rings. The molecule has 0 amide bonds. The largest absolute Gasteiger partial charge is 0.762 e. The molecule has 0 aromatic heterocycles. The molecule has 0 radical (unpaired) electrons. The summed E-state index contributed by atoms with van der Waals surface area (Å²) in [4.78, 5) is 16.0. The first-order chi connectivity index (χ1) is 11.2. The average molecular weight is 363 g/mol. The number of rotatable bonds is 11. The Labute approximate surface area is 152 Å². The van der Waals surface area contributed by atoms with Gasteiger partial charge < -0.3 is 15.3 Å². The number of hydrogen-bond donors (Lipinski definition) is 1. The van der Waals surface area contributed by atoms with Crippen LogP contribution in [0.2, 0.25) is 0 Å². The van der Waals surface area contributed by atoms with Crippen molar-refractivity contribution in [1.82, 2.24) is 16.1 Å². The van der Waals surface area contributed by atoms with Gasteiger partial charge in [0.25, 0.3) is 0 Å². The molecule has 0 spiro atoms. The van der Waals surface area contributed by atoms with Crippen LogP contribution >= 0.6 is 0 Å². The molecule has 0 fully saturated rings. The summed E-state index contributed by atoms with van der Waals surface area (Å²) in [5.74, 6) is 0. The van der Waals surface area contributed by atoms with Gasteiger partial charge in [0.05, 0.1) is 11.1 Å². The zero-order valence-electron chi connectivity index (χ0n) is 17.6. The maximum atomic E-state index is 12.2. The Hall–Kier alpha value is -0.320. The summed E-state index contributed by atoms with van der Waals surface area (Å²) < 4.78 is 0. The van der Waals surface area contributed by atoms with E-state index in [1.807, 2.05) is 55.4 Å². The molecule has 1 N–H and O–H groups in total. The Bertz CT molecular complexity index is 404. The van der Waals surface area contributed by atoms with E-state index in [-0.39, 0.29) is 10.8 Å². The zero-order chi connectivity index (χ0) is 20.1. The maximum absolute atomic E-state index is 12.2. The van der Waals surface area contributed by atoms with E-state index in [9.17, 15) is 10.4 Å². The Morgan fingerprint density at radius 1 is 0.800 bits per heavy atom. The van der Waals surface area contributed by atoms with E-state index in [0.717, 1.165) is 0 Å². The van der Waals surface area contributed by atoms with Crippen LogP contribution in [-0.2, 0) is 14.6 Å². The molecule has 0 heterocycles. The van der Waals surface area contributed by atoms with Crippen molar-refractivity contribution in [3.05, 3.63) is 10.4 Å². The number of hydroxylamine groups is 3. The molecular formula is C17H37N3O5-2. The third-order valence-electron chi connectivity index (χ3n) is 5.76. The van der Waals surface area contributed by atoms with Gasteiger partial charge in [0, 0.05) is 0 Å². The molecule has 3 unspecified atom stereocenters. The molecule has 0 saturated carbocycles. The molecule has 8 nitrogen and oxygen atoms in total. The van der Waals surface area contributed by atoms with Crippen molar-refractivity contribution in [1.29, 1.82) is 0 Å². The van der Waals surface area contributed by atoms with E-state index < -0.39 is 16.7 Å². The molecule has 25 heavy (non-hydrogen) atoms. The van der Waals surface area contributed by atoms with Crippen molar-refractivity contribution < 1.29 is 14.6 Å². The zero-order valence-corrected chi connectivity index (χ0v) is 17.6. The van der Waals surface area contributed by atoms with Crippen LogP contribution in [0.3, 0.4) is 0 Å². The van der Waals surface area contributed by atoms with E-state index in [2.05, 4.69) is 5.48 Å². The molecule has 0 aliphatic rings. The van der Waals surface area contributed by atoms with Crippen molar-refractivity contribution in [2.24, 2.45) is 5.41 Å². The second kappa shape index (κ2) is 9.05. The first kappa shape index (κ1) is 24.7. The molecule has 8 heteroatoms. The molecule has 0 rings (SSSR count). The summed E-state index contributed by atoms with van der Waals surface area (Å²) in [7, 11) is 1.28. The van der Waals surface area contributed by atoms with Crippen LogP contribution in [0.5, 0.6) is 0 Å². The first-order valence-electron chi connectivity index (χ1n) is 8.90. The first-order valence-corrected chi connectivity index (χ1v) is 8.90. The lowest BCUT2D eigenvalue weighted by Gasteiger charge is -2.49. The Kier molecular flexibility index (Phi) is 8.94. The fraction of sp³-hybridized carbons (Fsp3) is 1.00. The van der Waals surface area contributed by atoms with Gasteiger partial charge in [0.2, 0.25) is 0 Å². The smallest absolute Gasteiger partial charge is 0.106 e. The van der Waals surface area contributed by atoms with Crippen molar-refractivity contribution in [3.8, 4) is 0 Å². The van der Waals surface area contributed by atoms with Gasteiger partial charge in [-0.1, -0.05) is 41.5 Å². The van der Waals surface area contributed by atoms with Gasteiger partial charge in [0.15, 0.2) is 0 Å². The summed E-state index contributed by atoms with van der Waals surface area (Å²) in [6.07, 6.45) is 1.73. The lowest BCUT2D eigenvalue weighted by molar-refractivity contribution is -0.426. The normalized spacial score (nSPS) is 20.4. The fourth-order valence-electron chi connectivity index (χ4n) is 2.45. The van der Waals surface area contributed by atoms with Gasteiger partial charge in [0.1, 0.15) is 5.60 Å². The molecule has 0 aromatic carbocycles. The molecule has 3 atom stereocenters. The minimum atomic E-state index is -0.878. The molecule has 0 bridgehead atoms. The van der Waals surface area contributed by atoms with Crippen molar-refractivity contribution in [3.63, 3.8) is 0 Å². The minimum absolute atomic E-state index is 0.0969.